The minimum Gasteiger partial charge on any atom is -0.323 e. The van der Waals surface area contributed by atoms with Crippen molar-refractivity contribution < 1.29 is 9.59 Å². The normalized spacial score (nSPS) is 14.3. The van der Waals surface area contributed by atoms with E-state index in [4.69, 9.17) is 0 Å². The lowest BCUT2D eigenvalue weighted by Crippen LogP contribution is -2.21. The van der Waals surface area contributed by atoms with Gasteiger partial charge in [-0.1, -0.05) is 67.9 Å². The maximum absolute atomic E-state index is 12.4. The average Bonchev–Trinajstić information content (AvgIpc) is 2.80. The highest BCUT2D eigenvalue weighted by Gasteiger charge is 2.19. The van der Waals surface area contributed by atoms with Crippen LogP contribution in [0.5, 0.6) is 0 Å². The van der Waals surface area contributed by atoms with Gasteiger partial charge in [0.15, 0.2) is 0 Å². The van der Waals surface area contributed by atoms with Gasteiger partial charge in [-0.2, -0.15) is 0 Å². The summed E-state index contributed by atoms with van der Waals surface area (Å²) in [5, 5.41) is 5.82. The van der Waals surface area contributed by atoms with Crippen LogP contribution < -0.4 is 10.6 Å². The highest BCUT2D eigenvalue weighted by atomic mass is 16.2. The molecule has 0 atom stereocenters. The van der Waals surface area contributed by atoms with Gasteiger partial charge in [0.05, 0.1) is 0 Å². The molecule has 0 saturated heterocycles. The number of carbonyl (C=O) groups excluding carboxylic acids is 2. The molecule has 2 amide bonds. The molecule has 4 rings (SSSR count). The first-order valence-electron chi connectivity index (χ1n) is 10.9. The van der Waals surface area contributed by atoms with E-state index in [1.165, 1.54) is 11.6 Å². The molecule has 1 aliphatic heterocycles. The van der Waals surface area contributed by atoms with Crippen molar-refractivity contribution in [2.75, 3.05) is 10.6 Å². The smallest absolute Gasteiger partial charge is 0.251 e. The van der Waals surface area contributed by atoms with Gasteiger partial charge in [-0.25, -0.2) is 0 Å². The zero-order chi connectivity index (χ0) is 22.3. The monoisotopic (exact) mass is 422 g/mol. The van der Waals surface area contributed by atoms with E-state index in [9.17, 15) is 9.59 Å². The number of amides is 2. The number of nitrogens with one attached hydrogen (secondary N) is 2. The first kappa shape index (κ1) is 21.3. The molecule has 0 radical (unpaired) electrons. The van der Waals surface area contributed by atoms with Crippen LogP contribution in [0.1, 0.15) is 35.6 Å². The van der Waals surface area contributed by atoms with Crippen molar-refractivity contribution in [1.29, 1.82) is 0 Å². The number of carbonyl (C=O) groups is 2. The Morgan fingerprint density at radius 1 is 0.969 bits per heavy atom. The predicted octanol–water partition coefficient (Wildman–Crippen LogP) is 5.87. The van der Waals surface area contributed by atoms with Gasteiger partial charge in [0, 0.05) is 29.4 Å². The molecule has 4 nitrogen and oxygen atoms in total. The molecular weight excluding hydrogens is 396 g/mol. The Kier molecular flexibility index (Phi) is 6.61. The third-order valence-corrected chi connectivity index (χ3v) is 5.40. The Hall–Kier alpha value is -3.92. The summed E-state index contributed by atoms with van der Waals surface area (Å²) in [5.74, 6) is -0.232. The Balaban J connectivity index is 1.37. The van der Waals surface area contributed by atoms with Gasteiger partial charge in [-0.15, -0.1) is 0 Å². The van der Waals surface area contributed by atoms with Crippen LogP contribution in [0.25, 0.3) is 12.2 Å². The van der Waals surface area contributed by atoms with E-state index >= 15 is 0 Å². The van der Waals surface area contributed by atoms with E-state index in [1.54, 1.807) is 6.08 Å². The molecule has 0 bridgehead atoms. The molecule has 0 aliphatic carbocycles. The topological polar surface area (TPSA) is 58.2 Å². The molecule has 2 N–H and O–H groups in total. The summed E-state index contributed by atoms with van der Waals surface area (Å²) in [7, 11) is 0. The molecule has 3 aromatic rings. The summed E-state index contributed by atoms with van der Waals surface area (Å²) >= 11 is 0. The summed E-state index contributed by atoms with van der Waals surface area (Å²) < 4.78 is 0. The van der Waals surface area contributed by atoms with Crippen LogP contribution in [0.2, 0.25) is 0 Å². The summed E-state index contributed by atoms with van der Waals surface area (Å²) in [6, 6.07) is 23.6. The number of rotatable bonds is 6. The number of hydrogen-bond acceptors (Lipinski definition) is 2. The largest absolute Gasteiger partial charge is 0.323 e. The van der Waals surface area contributed by atoms with Gasteiger partial charge in [-0.3, -0.25) is 9.59 Å². The van der Waals surface area contributed by atoms with Crippen LogP contribution in [0.3, 0.4) is 0 Å². The minimum absolute atomic E-state index is 0.0629. The Morgan fingerprint density at radius 2 is 1.69 bits per heavy atom. The number of fused-ring (bicyclic) bond motifs is 1. The zero-order valence-corrected chi connectivity index (χ0v) is 18.1. The van der Waals surface area contributed by atoms with Crippen molar-refractivity contribution >= 4 is 35.3 Å². The van der Waals surface area contributed by atoms with E-state index in [-0.39, 0.29) is 11.8 Å². The maximum Gasteiger partial charge on any atom is 0.251 e. The summed E-state index contributed by atoms with van der Waals surface area (Å²) in [4.78, 5) is 24.6. The van der Waals surface area contributed by atoms with Crippen molar-refractivity contribution in [1.82, 2.24) is 0 Å². The highest BCUT2D eigenvalue weighted by Crippen LogP contribution is 2.26. The first-order valence-corrected chi connectivity index (χ1v) is 10.9. The molecule has 4 heteroatoms. The van der Waals surface area contributed by atoms with Crippen LogP contribution in [0.4, 0.5) is 11.4 Å². The number of aryl methyl sites for hydroxylation is 1. The molecular formula is C28H26N2O2. The molecule has 0 fully saturated rings. The molecule has 32 heavy (non-hydrogen) atoms. The van der Waals surface area contributed by atoms with Crippen LogP contribution in [-0.4, -0.2) is 11.8 Å². The van der Waals surface area contributed by atoms with Crippen molar-refractivity contribution in [3.8, 4) is 0 Å². The number of anilines is 2. The fraction of sp³-hybridized carbons (Fsp3) is 0.143. The Labute approximate surface area is 188 Å². The predicted molar refractivity (Wildman–Crippen MR) is 131 cm³/mol. The van der Waals surface area contributed by atoms with Crippen molar-refractivity contribution in [3.63, 3.8) is 0 Å². The lowest BCUT2D eigenvalue weighted by Gasteiger charge is -2.19. The Bertz CT molecular complexity index is 1170. The maximum atomic E-state index is 12.4. The van der Waals surface area contributed by atoms with Gasteiger partial charge in [0.2, 0.25) is 5.91 Å². The second kappa shape index (κ2) is 9.92. The van der Waals surface area contributed by atoms with Crippen LogP contribution in [0, 0.1) is 0 Å². The molecule has 3 aromatic carbocycles. The number of benzene rings is 3. The first-order chi connectivity index (χ1) is 15.6. The molecule has 0 aromatic heterocycles. The standard InChI is InChI=1S/C28H26N2O2/c1-2-5-20-12-15-25(16-13-20)29-27(31)17-14-21-8-10-22(11-9-21)18-24-19-23-6-3-4-7-26(23)30-28(24)32/h3-4,6-18H,2,5,19H2,1H3,(H,29,31)(H,30,32)/b17-14+,24-18+. The SMILES string of the molecule is CCCc1ccc(NC(=O)/C=C/c2ccc(/C=C3\Cc4ccccc4NC3=O)cc2)cc1. The second-order valence-corrected chi connectivity index (χ2v) is 7.89. The number of para-hydroxylation sites is 1. The van der Waals surface area contributed by atoms with Crippen molar-refractivity contribution in [3.05, 3.63) is 107 Å². The van der Waals surface area contributed by atoms with Gasteiger partial charge >= 0.3 is 0 Å². The third-order valence-electron chi connectivity index (χ3n) is 5.40. The Morgan fingerprint density at radius 3 is 2.44 bits per heavy atom. The van der Waals surface area contributed by atoms with E-state index in [2.05, 4.69) is 17.6 Å². The molecule has 1 aliphatic rings. The van der Waals surface area contributed by atoms with E-state index in [1.807, 2.05) is 78.9 Å². The van der Waals surface area contributed by atoms with E-state index < -0.39 is 0 Å². The average molecular weight is 423 g/mol. The van der Waals surface area contributed by atoms with Gasteiger partial charge in [0.1, 0.15) is 0 Å². The summed E-state index contributed by atoms with van der Waals surface area (Å²) in [5.41, 5.74) is 6.65. The quantitative estimate of drug-likeness (QED) is 0.488. The molecule has 1 heterocycles. The summed E-state index contributed by atoms with van der Waals surface area (Å²) in [6.45, 7) is 2.15. The van der Waals surface area contributed by atoms with Crippen LogP contribution in [0.15, 0.2) is 84.4 Å². The fourth-order valence-electron chi connectivity index (χ4n) is 3.70. The number of hydrogen-bond donors (Lipinski definition) is 2. The summed E-state index contributed by atoms with van der Waals surface area (Å²) in [6.07, 6.45) is 7.97. The van der Waals surface area contributed by atoms with Crippen molar-refractivity contribution in [2.24, 2.45) is 0 Å². The molecule has 0 unspecified atom stereocenters. The van der Waals surface area contributed by atoms with Crippen LogP contribution in [-0.2, 0) is 22.4 Å². The van der Waals surface area contributed by atoms with Crippen LogP contribution >= 0.6 is 0 Å². The van der Waals surface area contributed by atoms with Gasteiger partial charge in [0.25, 0.3) is 5.91 Å². The second-order valence-electron chi connectivity index (χ2n) is 7.89. The lowest BCUT2D eigenvalue weighted by molar-refractivity contribution is -0.113. The van der Waals surface area contributed by atoms with Crippen molar-refractivity contribution in [2.45, 2.75) is 26.2 Å². The fourth-order valence-corrected chi connectivity index (χ4v) is 3.70. The van der Waals surface area contributed by atoms with E-state index in [0.29, 0.717) is 6.42 Å². The van der Waals surface area contributed by atoms with Gasteiger partial charge in [-0.05, 0) is 59.0 Å². The van der Waals surface area contributed by atoms with Gasteiger partial charge < -0.3 is 10.6 Å². The molecule has 0 spiro atoms. The minimum atomic E-state index is -0.169. The lowest BCUT2D eigenvalue weighted by atomic mass is 9.96. The third kappa shape index (κ3) is 5.41. The molecule has 160 valence electrons. The highest BCUT2D eigenvalue weighted by molar-refractivity contribution is 6.09. The molecule has 0 saturated carbocycles. The van der Waals surface area contributed by atoms with E-state index in [0.717, 1.165) is 46.5 Å². The zero-order valence-electron chi connectivity index (χ0n) is 18.1.